The quantitative estimate of drug-likeness (QED) is 0.692. The van der Waals surface area contributed by atoms with Gasteiger partial charge in [-0.1, -0.05) is 18.2 Å². The molecule has 2 aromatic rings. The van der Waals surface area contributed by atoms with Crippen molar-refractivity contribution >= 4 is 29.3 Å². The number of benzene rings is 2. The standard InChI is InChI=1S/C18H19F2N3O2S/c1-23(9-12-6-7-13(19)8-14(12)20)10-18(25)22-15-4-2-3-5-16(15)26-11-17(21)24/h2-8H,9-11H2,1H3,(H2,21,24)(H,22,25). The number of thioether (sulfide) groups is 1. The van der Waals surface area contributed by atoms with Gasteiger partial charge in [0.05, 0.1) is 18.0 Å². The zero-order valence-corrected chi connectivity index (χ0v) is 15.0. The van der Waals surface area contributed by atoms with Crippen LogP contribution in [0.1, 0.15) is 5.56 Å². The molecule has 8 heteroatoms. The van der Waals surface area contributed by atoms with Crippen LogP contribution in [-0.4, -0.2) is 36.1 Å². The molecule has 0 aliphatic heterocycles. The molecule has 0 fully saturated rings. The molecule has 2 rings (SSSR count). The lowest BCUT2D eigenvalue weighted by atomic mass is 10.2. The highest BCUT2D eigenvalue weighted by atomic mass is 32.2. The van der Waals surface area contributed by atoms with Gasteiger partial charge in [-0.3, -0.25) is 14.5 Å². The van der Waals surface area contributed by atoms with Crippen molar-refractivity contribution in [2.24, 2.45) is 5.73 Å². The number of halogens is 2. The van der Waals surface area contributed by atoms with Gasteiger partial charge >= 0.3 is 0 Å². The maximum absolute atomic E-state index is 13.7. The van der Waals surface area contributed by atoms with Gasteiger partial charge in [0.25, 0.3) is 0 Å². The van der Waals surface area contributed by atoms with Crippen LogP contribution in [0.5, 0.6) is 0 Å². The maximum Gasteiger partial charge on any atom is 0.238 e. The fraction of sp³-hybridized carbons (Fsp3) is 0.222. The van der Waals surface area contributed by atoms with Crippen molar-refractivity contribution in [2.45, 2.75) is 11.4 Å². The molecule has 0 aromatic heterocycles. The van der Waals surface area contributed by atoms with Crippen molar-refractivity contribution in [3.8, 4) is 0 Å². The van der Waals surface area contributed by atoms with Gasteiger partial charge in [-0.05, 0) is 25.2 Å². The lowest BCUT2D eigenvalue weighted by Crippen LogP contribution is -2.30. The number of anilines is 1. The average molecular weight is 379 g/mol. The first-order valence-corrected chi connectivity index (χ1v) is 8.76. The first kappa shape index (κ1) is 19.9. The average Bonchev–Trinajstić information content (AvgIpc) is 2.56. The normalized spacial score (nSPS) is 10.8. The van der Waals surface area contributed by atoms with Gasteiger partial charge in [-0.2, -0.15) is 0 Å². The minimum absolute atomic E-state index is 0.0195. The Bertz CT molecular complexity index is 802. The van der Waals surface area contributed by atoms with Crippen molar-refractivity contribution in [3.63, 3.8) is 0 Å². The Hall–Kier alpha value is -2.45. The molecular weight excluding hydrogens is 360 g/mol. The van der Waals surface area contributed by atoms with Gasteiger partial charge in [-0.15, -0.1) is 11.8 Å². The summed E-state index contributed by atoms with van der Waals surface area (Å²) in [7, 11) is 1.66. The predicted molar refractivity (Wildman–Crippen MR) is 97.7 cm³/mol. The van der Waals surface area contributed by atoms with Gasteiger partial charge in [0.2, 0.25) is 11.8 Å². The lowest BCUT2D eigenvalue weighted by Gasteiger charge is -2.17. The molecule has 0 aliphatic rings. The fourth-order valence-corrected chi connectivity index (χ4v) is 3.02. The minimum atomic E-state index is -0.648. The Balaban J connectivity index is 1.94. The number of primary amides is 1. The molecule has 0 radical (unpaired) electrons. The van der Waals surface area contributed by atoms with Crippen molar-refractivity contribution < 1.29 is 18.4 Å². The van der Waals surface area contributed by atoms with Gasteiger partial charge < -0.3 is 11.1 Å². The molecule has 0 saturated heterocycles. The smallest absolute Gasteiger partial charge is 0.238 e. The number of nitrogens with zero attached hydrogens (tertiary/aromatic N) is 1. The van der Waals surface area contributed by atoms with Crippen LogP contribution < -0.4 is 11.1 Å². The van der Waals surface area contributed by atoms with Crippen molar-refractivity contribution in [1.29, 1.82) is 0 Å². The third-order valence-electron chi connectivity index (χ3n) is 3.40. The molecule has 2 aromatic carbocycles. The molecular formula is C18H19F2N3O2S. The van der Waals surface area contributed by atoms with Crippen LogP contribution in [0, 0.1) is 11.6 Å². The largest absolute Gasteiger partial charge is 0.369 e. The minimum Gasteiger partial charge on any atom is -0.369 e. The third kappa shape index (κ3) is 6.12. The highest BCUT2D eigenvalue weighted by Gasteiger charge is 2.12. The number of rotatable bonds is 8. The topological polar surface area (TPSA) is 75.4 Å². The molecule has 0 saturated carbocycles. The third-order valence-corrected chi connectivity index (χ3v) is 4.50. The van der Waals surface area contributed by atoms with Crippen molar-refractivity contribution in [3.05, 3.63) is 59.7 Å². The second-order valence-electron chi connectivity index (χ2n) is 5.71. The van der Waals surface area contributed by atoms with Gasteiger partial charge in [0.15, 0.2) is 0 Å². The molecule has 0 heterocycles. The monoisotopic (exact) mass is 379 g/mol. The summed E-state index contributed by atoms with van der Waals surface area (Å²) in [4.78, 5) is 25.5. The molecule has 26 heavy (non-hydrogen) atoms. The maximum atomic E-state index is 13.7. The highest BCUT2D eigenvalue weighted by Crippen LogP contribution is 2.26. The van der Waals surface area contributed by atoms with E-state index < -0.39 is 17.5 Å². The summed E-state index contributed by atoms with van der Waals surface area (Å²) in [6, 6.07) is 10.4. The predicted octanol–water partition coefficient (Wildman–Crippen LogP) is 2.61. The second kappa shape index (κ2) is 9.30. The number of nitrogens with two attached hydrogens (primary N) is 1. The van der Waals surface area contributed by atoms with Crippen LogP contribution in [0.15, 0.2) is 47.4 Å². The Morgan fingerprint density at radius 1 is 1.19 bits per heavy atom. The summed E-state index contributed by atoms with van der Waals surface area (Å²) in [6.07, 6.45) is 0. The summed E-state index contributed by atoms with van der Waals surface area (Å²) in [5, 5.41) is 2.77. The second-order valence-corrected chi connectivity index (χ2v) is 6.72. The first-order chi connectivity index (χ1) is 12.3. The molecule has 0 bridgehead atoms. The van der Waals surface area contributed by atoms with E-state index in [-0.39, 0.29) is 24.7 Å². The van der Waals surface area contributed by atoms with Crippen molar-refractivity contribution in [1.82, 2.24) is 4.90 Å². The number of hydrogen-bond donors (Lipinski definition) is 2. The van der Waals surface area contributed by atoms with E-state index in [1.165, 1.54) is 23.9 Å². The highest BCUT2D eigenvalue weighted by molar-refractivity contribution is 8.00. The van der Waals surface area contributed by atoms with Crippen LogP contribution in [0.2, 0.25) is 0 Å². The molecule has 0 aliphatic carbocycles. The van der Waals surface area contributed by atoms with E-state index in [0.29, 0.717) is 11.3 Å². The Morgan fingerprint density at radius 2 is 1.92 bits per heavy atom. The van der Waals surface area contributed by atoms with E-state index in [0.717, 1.165) is 11.0 Å². The summed E-state index contributed by atoms with van der Waals surface area (Å²) in [5.41, 5.74) is 6.02. The molecule has 5 nitrogen and oxygen atoms in total. The lowest BCUT2D eigenvalue weighted by molar-refractivity contribution is -0.117. The molecule has 138 valence electrons. The molecule has 0 atom stereocenters. The van der Waals surface area contributed by atoms with E-state index >= 15 is 0 Å². The number of hydrogen-bond acceptors (Lipinski definition) is 4. The first-order valence-electron chi connectivity index (χ1n) is 7.77. The van der Waals surface area contributed by atoms with E-state index in [1.54, 1.807) is 36.2 Å². The van der Waals surface area contributed by atoms with E-state index in [9.17, 15) is 18.4 Å². The van der Waals surface area contributed by atoms with E-state index in [4.69, 9.17) is 5.73 Å². The number of carbonyl (C=O) groups is 2. The molecule has 0 unspecified atom stereocenters. The summed E-state index contributed by atoms with van der Waals surface area (Å²) in [5.74, 6) is -1.92. The molecule has 0 spiro atoms. The Labute approximate surface area is 154 Å². The van der Waals surface area contributed by atoms with Crippen LogP contribution in [0.25, 0.3) is 0 Å². The molecule has 3 N–H and O–H groups in total. The van der Waals surface area contributed by atoms with Gasteiger partial charge in [-0.25, -0.2) is 8.78 Å². The summed E-state index contributed by atoms with van der Waals surface area (Å²) < 4.78 is 26.6. The van der Waals surface area contributed by atoms with Crippen LogP contribution in [0.4, 0.5) is 14.5 Å². The zero-order valence-electron chi connectivity index (χ0n) is 14.2. The van der Waals surface area contributed by atoms with Gasteiger partial charge in [0.1, 0.15) is 11.6 Å². The SMILES string of the molecule is CN(CC(=O)Nc1ccccc1SCC(N)=O)Cc1ccc(F)cc1F. The van der Waals surface area contributed by atoms with E-state index in [1.807, 2.05) is 0 Å². The van der Waals surface area contributed by atoms with E-state index in [2.05, 4.69) is 5.32 Å². The molecule has 2 amide bonds. The number of likely N-dealkylation sites (N-methyl/N-ethyl adjacent to an activating group) is 1. The van der Waals surface area contributed by atoms with Crippen LogP contribution in [0.3, 0.4) is 0 Å². The van der Waals surface area contributed by atoms with Crippen molar-refractivity contribution in [2.75, 3.05) is 24.7 Å². The Kier molecular flexibility index (Phi) is 7.11. The van der Waals surface area contributed by atoms with Crippen LogP contribution in [-0.2, 0) is 16.1 Å². The summed E-state index contributed by atoms with van der Waals surface area (Å²) >= 11 is 1.23. The Morgan fingerprint density at radius 3 is 2.62 bits per heavy atom. The van der Waals surface area contributed by atoms with Crippen LogP contribution >= 0.6 is 11.8 Å². The number of carbonyl (C=O) groups excluding carboxylic acids is 2. The fourth-order valence-electron chi connectivity index (χ4n) is 2.28. The number of nitrogens with one attached hydrogen (secondary N) is 1. The zero-order chi connectivity index (χ0) is 19.1. The number of amides is 2. The summed E-state index contributed by atoms with van der Waals surface area (Å²) in [6.45, 7) is 0.184. The number of para-hydroxylation sites is 1. The van der Waals surface area contributed by atoms with Gasteiger partial charge in [0, 0.05) is 23.1 Å².